The Hall–Kier alpha value is -3.64. The maximum absolute atomic E-state index is 12.3. The van der Waals surface area contributed by atoms with E-state index in [1.54, 1.807) is 4.90 Å². The Morgan fingerprint density at radius 3 is 2.45 bits per heavy atom. The summed E-state index contributed by atoms with van der Waals surface area (Å²) in [5.74, 6) is -0.0226. The first-order valence-corrected chi connectivity index (χ1v) is 11.5. The van der Waals surface area contributed by atoms with Crippen LogP contribution < -0.4 is 5.32 Å². The SMILES string of the molecule is O=C1NCC(=O)N2CCN(Cc3ccc4c(c3)c3ccccc3n4Cc3ccccc3)CC12. The van der Waals surface area contributed by atoms with Crippen molar-refractivity contribution < 1.29 is 9.59 Å². The van der Waals surface area contributed by atoms with E-state index in [-0.39, 0.29) is 24.4 Å². The van der Waals surface area contributed by atoms with E-state index in [9.17, 15) is 9.59 Å². The van der Waals surface area contributed by atoms with Gasteiger partial charge in [0.25, 0.3) is 0 Å². The fourth-order valence-corrected chi connectivity index (χ4v) is 5.28. The average Bonchev–Trinajstić information content (AvgIpc) is 3.15. The fraction of sp³-hybridized carbons (Fsp3) is 0.259. The summed E-state index contributed by atoms with van der Waals surface area (Å²) in [5.41, 5.74) is 4.97. The summed E-state index contributed by atoms with van der Waals surface area (Å²) in [6, 6.07) is 25.5. The number of nitrogens with zero attached hydrogens (tertiary/aromatic N) is 3. The van der Waals surface area contributed by atoms with Crippen LogP contribution in [0.1, 0.15) is 11.1 Å². The van der Waals surface area contributed by atoms with Crippen LogP contribution in [0.2, 0.25) is 0 Å². The number of hydrogen-bond acceptors (Lipinski definition) is 3. The van der Waals surface area contributed by atoms with E-state index in [4.69, 9.17) is 0 Å². The molecule has 0 aliphatic carbocycles. The minimum Gasteiger partial charge on any atom is -0.345 e. The van der Waals surface area contributed by atoms with Gasteiger partial charge >= 0.3 is 0 Å². The highest BCUT2D eigenvalue weighted by atomic mass is 16.2. The molecule has 3 aromatic carbocycles. The zero-order valence-corrected chi connectivity index (χ0v) is 18.4. The Bertz CT molecular complexity index is 1360. The van der Waals surface area contributed by atoms with Crippen molar-refractivity contribution >= 4 is 33.6 Å². The lowest BCUT2D eigenvalue weighted by molar-refractivity contribution is -0.149. The van der Waals surface area contributed by atoms with Crippen molar-refractivity contribution in [3.63, 3.8) is 0 Å². The lowest BCUT2D eigenvalue weighted by atomic mass is 10.1. The van der Waals surface area contributed by atoms with Gasteiger partial charge in [0.1, 0.15) is 6.04 Å². The zero-order chi connectivity index (χ0) is 22.4. The molecule has 0 spiro atoms. The van der Waals surface area contributed by atoms with Gasteiger partial charge in [0, 0.05) is 54.5 Å². The van der Waals surface area contributed by atoms with E-state index in [1.807, 2.05) is 6.07 Å². The molecule has 0 radical (unpaired) electrons. The molecule has 2 amide bonds. The standard InChI is InChI=1S/C27H26N4O2/c32-26-15-28-27(33)25-18-29(12-13-30(25)26)16-20-10-11-24-22(14-20)21-8-4-5-9-23(21)31(24)17-19-6-2-1-3-7-19/h1-11,14,25H,12-13,15-18H2,(H,28,33). The molecule has 166 valence electrons. The number of carbonyl (C=O) groups excluding carboxylic acids is 2. The van der Waals surface area contributed by atoms with Gasteiger partial charge in [-0.2, -0.15) is 0 Å². The van der Waals surface area contributed by atoms with E-state index >= 15 is 0 Å². The van der Waals surface area contributed by atoms with Gasteiger partial charge in [0.05, 0.1) is 6.54 Å². The monoisotopic (exact) mass is 438 g/mol. The van der Waals surface area contributed by atoms with E-state index in [2.05, 4.69) is 81.5 Å². The quantitative estimate of drug-likeness (QED) is 0.533. The van der Waals surface area contributed by atoms with Crippen molar-refractivity contribution in [2.45, 2.75) is 19.1 Å². The third-order valence-corrected chi connectivity index (χ3v) is 6.93. The maximum atomic E-state index is 12.3. The first-order chi connectivity index (χ1) is 16.2. The number of aromatic nitrogens is 1. The molecule has 6 heteroatoms. The van der Waals surface area contributed by atoms with E-state index in [0.29, 0.717) is 13.1 Å². The molecule has 2 saturated heterocycles. The summed E-state index contributed by atoms with van der Waals surface area (Å²) in [6.07, 6.45) is 0. The van der Waals surface area contributed by atoms with E-state index < -0.39 is 0 Å². The highest BCUT2D eigenvalue weighted by molar-refractivity contribution is 6.08. The number of piperazine rings is 2. The third kappa shape index (κ3) is 3.56. The fourth-order valence-electron chi connectivity index (χ4n) is 5.28. The minimum atomic E-state index is -0.378. The van der Waals surface area contributed by atoms with Crippen LogP contribution in [0.3, 0.4) is 0 Å². The second-order valence-corrected chi connectivity index (χ2v) is 9.00. The molecule has 4 aromatic rings. The van der Waals surface area contributed by atoms with Crippen LogP contribution in [0, 0.1) is 0 Å². The number of carbonyl (C=O) groups is 2. The Balaban J connectivity index is 1.31. The molecule has 33 heavy (non-hydrogen) atoms. The number of para-hydroxylation sites is 1. The molecule has 2 aliphatic heterocycles. The molecule has 6 rings (SSSR count). The first-order valence-electron chi connectivity index (χ1n) is 11.5. The number of benzene rings is 3. The van der Waals surface area contributed by atoms with Gasteiger partial charge < -0.3 is 14.8 Å². The summed E-state index contributed by atoms with van der Waals surface area (Å²) >= 11 is 0. The molecule has 3 heterocycles. The molecule has 2 aliphatic rings. The molecule has 2 fully saturated rings. The van der Waals surface area contributed by atoms with Gasteiger partial charge in [-0.1, -0.05) is 54.6 Å². The molecule has 0 bridgehead atoms. The number of hydrogen-bond donors (Lipinski definition) is 1. The van der Waals surface area contributed by atoms with Crippen LogP contribution in [0.25, 0.3) is 21.8 Å². The van der Waals surface area contributed by atoms with Gasteiger partial charge in [-0.05, 0) is 29.3 Å². The third-order valence-electron chi connectivity index (χ3n) is 6.93. The molecule has 1 unspecified atom stereocenters. The Labute approximate surface area is 192 Å². The Morgan fingerprint density at radius 1 is 0.788 bits per heavy atom. The second kappa shape index (κ2) is 8.05. The predicted molar refractivity (Wildman–Crippen MR) is 129 cm³/mol. The van der Waals surface area contributed by atoms with Gasteiger partial charge in [-0.15, -0.1) is 0 Å². The molecule has 6 nitrogen and oxygen atoms in total. The summed E-state index contributed by atoms with van der Waals surface area (Å²) in [5, 5.41) is 5.23. The van der Waals surface area contributed by atoms with Crippen LogP contribution in [0.5, 0.6) is 0 Å². The van der Waals surface area contributed by atoms with Crippen LogP contribution in [-0.2, 0) is 22.7 Å². The maximum Gasteiger partial charge on any atom is 0.244 e. The molecule has 1 atom stereocenters. The van der Waals surface area contributed by atoms with Crippen molar-refractivity contribution in [2.75, 3.05) is 26.2 Å². The van der Waals surface area contributed by atoms with E-state index in [1.165, 1.54) is 32.9 Å². The number of fused-ring (bicyclic) bond motifs is 4. The molecular weight excluding hydrogens is 412 g/mol. The topological polar surface area (TPSA) is 57.6 Å². The van der Waals surface area contributed by atoms with Crippen molar-refractivity contribution in [1.29, 1.82) is 0 Å². The Morgan fingerprint density at radius 2 is 1.58 bits per heavy atom. The van der Waals surface area contributed by atoms with Crippen LogP contribution in [0.4, 0.5) is 0 Å². The molecule has 0 saturated carbocycles. The second-order valence-electron chi connectivity index (χ2n) is 9.00. The van der Waals surface area contributed by atoms with Gasteiger partial charge in [-0.25, -0.2) is 0 Å². The average molecular weight is 439 g/mol. The van der Waals surface area contributed by atoms with Crippen LogP contribution >= 0.6 is 0 Å². The minimum absolute atomic E-state index is 0.0203. The van der Waals surface area contributed by atoms with Crippen LogP contribution in [0.15, 0.2) is 72.8 Å². The zero-order valence-electron chi connectivity index (χ0n) is 18.4. The lowest BCUT2D eigenvalue weighted by Crippen LogP contribution is -2.65. The van der Waals surface area contributed by atoms with Crippen molar-refractivity contribution in [1.82, 2.24) is 19.7 Å². The highest BCUT2D eigenvalue weighted by Gasteiger charge is 2.38. The van der Waals surface area contributed by atoms with Crippen molar-refractivity contribution in [3.8, 4) is 0 Å². The predicted octanol–water partition coefficient (Wildman–Crippen LogP) is 2.99. The number of amides is 2. The Kier molecular flexibility index (Phi) is 4.88. The van der Waals surface area contributed by atoms with E-state index in [0.717, 1.165) is 19.6 Å². The molecule has 1 N–H and O–H groups in total. The molecule has 1 aromatic heterocycles. The summed E-state index contributed by atoms with van der Waals surface area (Å²) in [7, 11) is 0. The first kappa shape index (κ1) is 20.0. The van der Waals surface area contributed by atoms with Gasteiger partial charge in [-0.3, -0.25) is 14.5 Å². The number of nitrogens with one attached hydrogen (secondary N) is 1. The summed E-state index contributed by atoms with van der Waals surface area (Å²) in [6.45, 7) is 3.68. The smallest absolute Gasteiger partial charge is 0.244 e. The lowest BCUT2D eigenvalue weighted by Gasteiger charge is -2.43. The molecular formula is C27H26N4O2. The summed E-state index contributed by atoms with van der Waals surface area (Å²) < 4.78 is 2.39. The van der Waals surface area contributed by atoms with Gasteiger partial charge in [0.2, 0.25) is 11.8 Å². The number of rotatable bonds is 4. The largest absolute Gasteiger partial charge is 0.345 e. The van der Waals surface area contributed by atoms with Crippen molar-refractivity contribution in [3.05, 3.63) is 83.9 Å². The highest BCUT2D eigenvalue weighted by Crippen LogP contribution is 2.31. The van der Waals surface area contributed by atoms with Gasteiger partial charge in [0.15, 0.2) is 0 Å². The normalized spacial score (nSPS) is 19.2. The van der Waals surface area contributed by atoms with Crippen LogP contribution in [-0.4, -0.2) is 58.4 Å². The van der Waals surface area contributed by atoms with Crippen molar-refractivity contribution in [2.24, 2.45) is 0 Å². The summed E-state index contributed by atoms with van der Waals surface area (Å²) in [4.78, 5) is 28.5.